The monoisotopic (exact) mass is 1920 g/mol. The second-order valence-corrected chi connectivity index (χ2v) is 38.9. The minimum atomic E-state index is -4.95. The summed E-state index contributed by atoms with van der Waals surface area (Å²) in [5, 5.41) is 20.8. The number of unbranched alkanes of at least 4 members (excludes halogenated alkanes) is 45. The predicted molar refractivity (Wildman–Crippen MR) is 574 cm³/mol. The lowest BCUT2D eigenvalue weighted by Gasteiger charge is -2.21. The summed E-state index contributed by atoms with van der Waals surface area (Å²) in [6.07, 6.45) is 146. The van der Waals surface area contributed by atoms with Crippen LogP contribution in [0.2, 0.25) is 0 Å². The van der Waals surface area contributed by atoms with E-state index in [1.165, 1.54) is 205 Å². The second-order valence-electron chi connectivity index (χ2n) is 36.0. The maximum atomic E-state index is 13.2. The molecule has 772 valence electrons. The van der Waals surface area contributed by atoms with Crippen molar-refractivity contribution < 1.29 is 75.8 Å². The molecule has 5 atom stereocenters. The Labute approximate surface area is 826 Å². The van der Waals surface area contributed by atoms with E-state index in [0.717, 1.165) is 193 Å². The van der Waals surface area contributed by atoms with E-state index in [9.17, 15) is 43.5 Å². The smallest absolute Gasteiger partial charge is 0.463 e. The van der Waals surface area contributed by atoms with Crippen molar-refractivity contribution in [1.29, 1.82) is 0 Å². The van der Waals surface area contributed by atoms with Crippen LogP contribution in [0.15, 0.2) is 207 Å². The van der Waals surface area contributed by atoms with Crippen molar-refractivity contribution >= 4 is 33.6 Å². The van der Waals surface area contributed by atoms with Gasteiger partial charge in [0.2, 0.25) is 0 Å². The number of phosphoric acid groups is 2. The lowest BCUT2D eigenvalue weighted by atomic mass is 10.0. The summed E-state index contributed by atoms with van der Waals surface area (Å²) in [5.41, 5.74) is 0. The number of hydrogen-bond acceptors (Lipinski definition) is 14. The highest BCUT2D eigenvalue weighted by Gasteiger charge is 2.30. The van der Waals surface area contributed by atoms with Gasteiger partial charge in [-0.05, 0) is 167 Å². The zero-order valence-corrected chi connectivity index (χ0v) is 87.6. The van der Waals surface area contributed by atoms with Gasteiger partial charge < -0.3 is 34.2 Å². The van der Waals surface area contributed by atoms with Crippen LogP contribution in [0.5, 0.6) is 0 Å². The van der Waals surface area contributed by atoms with E-state index in [4.69, 9.17) is 32.3 Å². The fourth-order valence-corrected chi connectivity index (χ4v) is 16.5. The summed E-state index contributed by atoms with van der Waals surface area (Å²) in [5.74, 6) is -1.56. The molecular formula is C117H198O16P2. The summed E-state index contributed by atoms with van der Waals surface area (Å²) in [7, 11) is -9.83. The summed E-state index contributed by atoms with van der Waals surface area (Å²) in [6, 6.07) is 0. The van der Waals surface area contributed by atoms with E-state index in [1.54, 1.807) is 0 Å². The van der Waals surface area contributed by atoms with Crippen molar-refractivity contribution in [3.63, 3.8) is 0 Å². The molecule has 0 fully saturated rings. The van der Waals surface area contributed by atoms with Crippen LogP contribution in [0.4, 0.5) is 0 Å². The number of carbonyl (C=O) groups excluding carboxylic acids is 3. The summed E-state index contributed by atoms with van der Waals surface area (Å²) in [4.78, 5) is 59.3. The third-order valence-corrected chi connectivity index (χ3v) is 24.9. The zero-order valence-electron chi connectivity index (χ0n) is 85.8. The molecule has 16 nitrogen and oxygen atoms in total. The molecule has 0 saturated carbocycles. The number of phosphoric ester groups is 2. The van der Waals surface area contributed by atoms with Gasteiger partial charge in [0, 0.05) is 19.3 Å². The first kappa shape index (κ1) is 129. The number of ether oxygens (including phenoxy) is 3. The number of carbonyl (C=O) groups is 3. The van der Waals surface area contributed by atoms with E-state index < -0.39 is 91.5 Å². The molecule has 0 aromatic carbocycles. The highest BCUT2D eigenvalue weighted by atomic mass is 31.2. The van der Waals surface area contributed by atoms with E-state index in [1.807, 2.05) is 0 Å². The van der Waals surface area contributed by atoms with Crippen LogP contribution in [0.3, 0.4) is 0 Å². The fourth-order valence-electron chi connectivity index (χ4n) is 14.9. The van der Waals surface area contributed by atoms with Gasteiger partial charge in [-0.3, -0.25) is 32.5 Å². The molecule has 0 bridgehead atoms. The molecule has 0 radical (unpaired) electrons. The molecular weight excluding hydrogens is 1720 g/mol. The van der Waals surface area contributed by atoms with Crippen LogP contribution in [-0.4, -0.2) is 95.9 Å². The van der Waals surface area contributed by atoms with Crippen molar-refractivity contribution in [2.75, 3.05) is 39.6 Å². The molecule has 0 spiro atoms. The molecule has 0 saturated heterocycles. The second kappa shape index (κ2) is 107. The lowest BCUT2D eigenvalue weighted by Crippen LogP contribution is -2.30. The van der Waals surface area contributed by atoms with E-state index in [-0.39, 0.29) is 19.3 Å². The highest BCUT2D eigenvalue weighted by molar-refractivity contribution is 7.47. The molecule has 5 unspecified atom stereocenters. The van der Waals surface area contributed by atoms with E-state index in [0.29, 0.717) is 19.3 Å². The predicted octanol–water partition coefficient (Wildman–Crippen LogP) is 35.0. The Balaban J connectivity index is 4.61. The Kier molecular flexibility index (Phi) is 102. The molecule has 0 aliphatic rings. The van der Waals surface area contributed by atoms with Crippen molar-refractivity contribution in [3.8, 4) is 0 Å². The molecule has 0 rings (SSSR count). The molecule has 18 heteroatoms. The maximum absolute atomic E-state index is 13.2. The van der Waals surface area contributed by atoms with Gasteiger partial charge in [0.15, 0.2) is 6.10 Å². The quantitative estimate of drug-likeness (QED) is 0.0146. The van der Waals surface area contributed by atoms with Crippen molar-refractivity contribution in [2.24, 2.45) is 0 Å². The summed E-state index contributed by atoms with van der Waals surface area (Å²) >= 11 is 0. The first-order valence-corrected chi connectivity index (χ1v) is 57.4. The lowest BCUT2D eigenvalue weighted by molar-refractivity contribution is -0.161. The Morgan fingerprint density at radius 3 is 0.585 bits per heavy atom. The minimum Gasteiger partial charge on any atom is -0.463 e. The standard InChI is InChI=1S/C117H198O16P2/c1-4-7-10-13-16-19-22-25-28-31-34-37-40-43-46-49-52-54-55-57-60-61-64-67-70-73-76-79-82-85-88-91-94-97-100-103-115(120)127-106-112(118)107-129-134(123,124)130-108-113(119)109-131-135(125,126)132-111-114(133-117(122)105-102-99-96-93-90-87-84-81-78-75-72-69-66-63-58-51-48-45-42-39-36-33-30-27-24-21-18-15-12-9-6-3)110-128-116(121)104-101-98-95-92-89-86-83-80-77-74-71-68-65-62-59-56-53-50-47-44-41-38-35-32-29-26-23-20-17-14-11-8-5-2/h7-12,16-21,25-30,34-39,43-48,53,56,58,63,112-114,118-119H,4-6,13-15,22-24,31-33,40-42,49-52,54-55,57,59-62,64-111H2,1-3H3,(H,123,124)(H,125,126)/b10-7-,11-8-,12-9-,19-16-,20-17-,21-18-,28-25-,29-26-,30-27-,37-34-,38-35-,39-36-,46-43-,47-44-,48-45-,56-53-,63-58-. The number of esters is 3. The number of aliphatic hydroxyl groups excluding tert-OH is 2. The van der Waals surface area contributed by atoms with Gasteiger partial charge in [-0.2, -0.15) is 0 Å². The van der Waals surface area contributed by atoms with Crippen LogP contribution in [0.1, 0.15) is 457 Å². The van der Waals surface area contributed by atoms with Crippen LogP contribution >= 0.6 is 15.6 Å². The van der Waals surface area contributed by atoms with Crippen LogP contribution in [0.25, 0.3) is 0 Å². The van der Waals surface area contributed by atoms with E-state index >= 15 is 0 Å². The fraction of sp³-hybridized carbons (Fsp3) is 0.684. The number of aliphatic hydroxyl groups is 2. The van der Waals surface area contributed by atoms with Crippen LogP contribution in [-0.2, 0) is 55.8 Å². The van der Waals surface area contributed by atoms with Gasteiger partial charge in [-0.1, -0.05) is 478 Å². The zero-order chi connectivity index (χ0) is 97.8. The third kappa shape index (κ3) is 108. The first-order chi connectivity index (χ1) is 66.2. The van der Waals surface area contributed by atoms with Gasteiger partial charge in [0.25, 0.3) is 0 Å². The van der Waals surface area contributed by atoms with Gasteiger partial charge in [-0.15, -0.1) is 0 Å². The molecule has 0 amide bonds. The summed E-state index contributed by atoms with van der Waals surface area (Å²) < 4.78 is 61.8. The average molecular weight is 1920 g/mol. The molecule has 4 N–H and O–H groups in total. The van der Waals surface area contributed by atoms with Crippen molar-refractivity contribution in [2.45, 2.75) is 476 Å². The van der Waals surface area contributed by atoms with Crippen LogP contribution in [0, 0.1) is 0 Å². The molecule has 0 aromatic heterocycles. The largest absolute Gasteiger partial charge is 0.472 e. The van der Waals surface area contributed by atoms with Gasteiger partial charge >= 0.3 is 33.6 Å². The Hall–Kier alpha value is -5.87. The highest BCUT2D eigenvalue weighted by Crippen LogP contribution is 2.45. The Bertz CT molecular complexity index is 3290. The Morgan fingerprint density at radius 2 is 0.370 bits per heavy atom. The van der Waals surface area contributed by atoms with Gasteiger partial charge in [-0.25, -0.2) is 9.13 Å². The normalized spacial score (nSPS) is 14.4. The Morgan fingerprint density at radius 1 is 0.207 bits per heavy atom. The van der Waals surface area contributed by atoms with Crippen molar-refractivity contribution in [1.82, 2.24) is 0 Å². The molecule has 0 aliphatic heterocycles. The molecule has 0 heterocycles. The molecule has 0 aliphatic carbocycles. The first-order valence-electron chi connectivity index (χ1n) is 54.4. The van der Waals surface area contributed by atoms with E-state index in [2.05, 4.69) is 227 Å². The maximum Gasteiger partial charge on any atom is 0.472 e. The number of allylic oxidation sites excluding steroid dienone is 34. The molecule has 0 aromatic rings. The minimum absolute atomic E-state index is 0.0969. The number of rotatable bonds is 102. The third-order valence-electron chi connectivity index (χ3n) is 23.0. The SMILES string of the molecule is CC/C=C\C/C=C\C/C=C\C/C=C\C/C=C\C/C=C\CCCCCCCCCCCCCCCCC(=O)OCC(COP(=O)(O)OCC(O)COP(=O)(O)OCC(O)COC(=O)CCCCCCCCCCCCCCCCCCCCC/C=C\C/C=C\C/C=C\C/C=C\C/C=C\CC)OC(=O)CCCCCCCCCCCCCC/C=C\C/C=C\C/C=C\C/C=C\C/C=C\C/C=C\CC. The number of hydrogen-bond donors (Lipinski definition) is 4. The topological polar surface area (TPSA) is 231 Å². The molecule has 135 heavy (non-hydrogen) atoms. The van der Waals surface area contributed by atoms with Crippen molar-refractivity contribution in [3.05, 3.63) is 207 Å². The summed E-state index contributed by atoms with van der Waals surface area (Å²) in [6.45, 7) is 2.42. The average Bonchev–Trinajstić information content (AvgIpc) is 0.895. The van der Waals surface area contributed by atoms with Gasteiger partial charge in [0.05, 0.1) is 26.4 Å². The van der Waals surface area contributed by atoms with Gasteiger partial charge in [0.1, 0.15) is 25.4 Å². The van der Waals surface area contributed by atoms with Crippen LogP contribution < -0.4 is 0 Å².